The summed E-state index contributed by atoms with van der Waals surface area (Å²) in [5, 5.41) is 12.0. The molecule has 1 aromatic rings. The summed E-state index contributed by atoms with van der Waals surface area (Å²) in [6.07, 6.45) is 2.07. The summed E-state index contributed by atoms with van der Waals surface area (Å²) in [4.78, 5) is 23.3. The fraction of sp³-hybridized carbons (Fsp3) is 0.467. The van der Waals surface area contributed by atoms with E-state index < -0.39 is 17.8 Å². The average Bonchev–Trinajstić information content (AvgIpc) is 2.84. The number of amides is 1. The quantitative estimate of drug-likeness (QED) is 0.879. The van der Waals surface area contributed by atoms with Crippen LogP contribution < -0.4 is 5.32 Å². The Bertz CT molecular complexity index is 510. The molecule has 0 bridgehead atoms. The average molecular weight is 261 g/mol. The van der Waals surface area contributed by atoms with Gasteiger partial charge in [-0.15, -0.1) is 0 Å². The first kappa shape index (κ1) is 13.6. The molecule has 19 heavy (non-hydrogen) atoms. The zero-order valence-electron chi connectivity index (χ0n) is 11.3. The van der Waals surface area contributed by atoms with Crippen molar-refractivity contribution in [3.63, 3.8) is 0 Å². The standard InChI is InChI=1S/C15H19NO3/c1-9-5-3-8-13(10(9)2)16-14(17)11-6-4-7-12(11)15(18)19/h3,5,8,11-12H,4,6-7H2,1-2H3,(H,16,17)(H,18,19)/t11-,12+/m1/s1. The van der Waals surface area contributed by atoms with Gasteiger partial charge in [0.1, 0.15) is 0 Å². The van der Waals surface area contributed by atoms with Crippen molar-refractivity contribution < 1.29 is 14.7 Å². The highest BCUT2D eigenvalue weighted by atomic mass is 16.4. The van der Waals surface area contributed by atoms with E-state index >= 15 is 0 Å². The van der Waals surface area contributed by atoms with Gasteiger partial charge in [0.2, 0.25) is 5.91 Å². The summed E-state index contributed by atoms with van der Waals surface area (Å²) < 4.78 is 0. The van der Waals surface area contributed by atoms with E-state index in [1.54, 1.807) is 0 Å². The highest BCUT2D eigenvalue weighted by Gasteiger charge is 2.37. The number of benzene rings is 1. The molecule has 1 saturated carbocycles. The topological polar surface area (TPSA) is 66.4 Å². The maximum Gasteiger partial charge on any atom is 0.307 e. The molecule has 2 atom stereocenters. The van der Waals surface area contributed by atoms with E-state index in [0.29, 0.717) is 12.8 Å². The van der Waals surface area contributed by atoms with Crippen LogP contribution in [0.2, 0.25) is 0 Å². The summed E-state index contributed by atoms with van der Waals surface area (Å²) in [7, 11) is 0. The lowest BCUT2D eigenvalue weighted by Gasteiger charge is -2.17. The minimum atomic E-state index is -0.862. The third-order valence-corrected chi connectivity index (χ3v) is 4.03. The van der Waals surface area contributed by atoms with Crippen molar-refractivity contribution >= 4 is 17.6 Å². The van der Waals surface area contributed by atoms with Crippen LogP contribution in [0, 0.1) is 25.7 Å². The summed E-state index contributed by atoms with van der Waals surface area (Å²) >= 11 is 0. The van der Waals surface area contributed by atoms with Crippen LogP contribution in [0.5, 0.6) is 0 Å². The van der Waals surface area contributed by atoms with Crippen LogP contribution in [0.3, 0.4) is 0 Å². The predicted octanol–water partition coefficient (Wildman–Crippen LogP) is 2.74. The molecule has 0 saturated heterocycles. The normalized spacial score (nSPS) is 22.2. The molecule has 1 aromatic carbocycles. The van der Waals surface area contributed by atoms with Crippen LogP contribution in [-0.4, -0.2) is 17.0 Å². The molecule has 0 aromatic heterocycles. The zero-order valence-corrected chi connectivity index (χ0v) is 11.3. The number of anilines is 1. The molecule has 2 rings (SSSR count). The number of aliphatic carboxylic acids is 1. The van der Waals surface area contributed by atoms with Gasteiger partial charge >= 0.3 is 5.97 Å². The Morgan fingerprint density at radius 3 is 2.58 bits per heavy atom. The highest BCUT2D eigenvalue weighted by molar-refractivity contribution is 5.96. The number of carbonyl (C=O) groups excluding carboxylic acids is 1. The SMILES string of the molecule is Cc1cccc(NC(=O)[C@@H]2CCC[C@@H]2C(=O)O)c1C. The maximum absolute atomic E-state index is 12.2. The van der Waals surface area contributed by atoms with Crippen molar-refractivity contribution in [3.8, 4) is 0 Å². The number of nitrogens with one attached hydrogen (secondary N) is 1. The third kappa shape index (κ3) is 2.78. The van der Waals surface area contributed by atoms with Gasteiger partial charge in [0, 0.05) is 5.69 Å². The molecule has 1 aliphatic rings. The lowest BCUT2D eigenvalue weighted by Crippen LogP contribution is -2.30. The van der Waals surface area contributed by atoms with Crippen LogP contribution >= 0.6 is 0 Å². The van der Waals surface area contributed by atoms with Gasteiger partial charge in [-0.1, -0.05) is 18.6 Å². The Labute approximate surface area is 112 Å². The van der Waals surface area contributed by atoms with E-state index in [4.69, 9.17) is 5.11 Å². The van der Waals surface area contributed by atoms with Crippen LogP contribution in [0.15, 0.2) is 18.2 Å². The van der Waals surface area contributed by atoms with Crippen molar-refractivity contribution in [3.05, 3.63) is 29.3 Å². The Morgan fingerprint density at radius 1 is 1.21 bits per heavy atom. The molecule has 0 aliphatic heterocycles. The van der Waals surface area contributed by atoms with E-state index in [2.05, 4.69) is 5.32 Å². The van der Waals surface area contributed by atoms with E-state index in [9.17, 15) is 9.59 Å². The van der Waals surface area contributed by atoms with Crippen LogP contribution in [-0.2, 0) is 9.59 Å². The first-order valence-electron chi connectivity index (χ1n) is 6.60. The third-order valence-electron chi connectivity index (χ3n) is 4.03. The highest BCUT2D eigenvalue weighted by Crippen LogP contribution is 2.33. The van der Waals surface area contributed by atoms with Gasteiger partial charge in [0.15, 0.2) is 0 Å². The van der Waals surface area contributed by atoms with Gasteiger partial charge in [0.05, 0.1) is 11.8 Å². The molecule has 0 unspecified atom stereocenters. The van der Waals surface area contributed by atoms with Crippen molar-refractivity contribution in [1.82, 2.24) is 0 Å². The maximum atomic E-state index is 12.2. The lowest BCUT2D eigenvalue weighted by molar-refractivity contribution is -0.145. The summed E-state index contributed by atoms with van der Waals surface area (Å²) in [6, 6.07) is 5.73. The molecule has 2 N–H and O–H groups in total. The van der Waals surface area contributed by atoms with Crippen LogP contribution in [0.25, 0.3) is 0 Å². The van der Waals surface area contributed by atoms with Crippen LogP contribution in [0.4, 0.5) is 5.69 Å². The van der Waals surface area contributed by atoms with Gasteiger partial charge < -0.3 is 10.4 Å². The number of carboxylic acids is 1. The molecule has 0 heterocycles. The Balaban J connectivity index is 2.13. The minimum absolute atomic E-state index is 0.168. The molecule has 102 valence electrons. The number of hydrogen-bond acceptors (Lipinski definition) is 2. The molecule has 1 fully saturated rings. The monoisotopic (exact) mass is 261 g/mol. The number of carboxylic acid groups (broad SMARTS) is 1. The molecule has 0 spiro atoms. The molecule has 1 aliphatic carbocycles. The largest absolute Gasteiger partial charge is 0.481 e. The second-order valence-corrected chi connectivity index (χ2v) is 5.22. The fourth-order valence-electron chi connectivity index (χ4n) is 2.68. The molecular weight excluding hydrogens is 242 g/mol. The lowest BCUT2D eigenvalue weighted by atomic mass is 9.95. The second-order valence-electron chi connectivity index (χ2n) is 5.22. The molecule has 4 nitrogen and oxygen atoms in total. The number of aryl methyl sites for hydroxylation is 1. The number of rotatable bonds is 3. The van der Waals surface area contributed by atoms with Crippen molar-refractivity contribution in [2.45, 2.75) is 33.1 Å². The Hall–Kier alpha value is -1.84. The summed E-state index contributed by atoms with van der Waals surface area (Å²) in [5.41, 5.74) is 2.92. The van der Waals surface area contributed by atoms with Crippen molar-refractivity contribution in [1.29, 1.82) is 0 Å². The molecule has 4 heteroatoms. The van der Waals surface area contributed by atoms with E-state index in [-0.39, 0.29) is 5.91 Å². The second kappa shape index (κ2) is 5.43. The van der Waals surface area contributed by atoms with E-state index in [0.717, 1.165) is 23.2 Å². The first-order valence-corrected chi connectivity index (χ1v) is 6.60. The molecule has 1 amide bonds. The number of hydrogen-bond donors (Lipinski definition) is 2. The van der Waals surface area contributed by atoms with Gasteiger partial charge in [-0.3, -0.25) is 9.59 Å². The van der Waals surface area contributed by atoms with Gasteiger partial charge in [-0.2, -0.15) is 0 Å². The Morgan fingerprint density at radius 2 is 1.89 bits per heavy atom. The Kier molecular flexibility index (Phi) is 3.88. The fourth-order valence-corrected chi connectivity index (χ4v) is 2.68. The minimum Gasteiger partial charge on any atom is -0.481 e. The van der Waals surface area contributed by atoms with Gasteiger partial charge in [-0.05, 0) is 43.9 Å². The zero-order chi connectivity index (χ0) is 14.0. The van der Waals surface area contributed by atoms with Gasteiger partial charge in [0.25, 0.3) is 0 Å². The summed E-state index contributed by atoms with van der Waals surface area (Å²) in [6.45, 7) is 3.94. The molecule has 0 radical (unpaired) electrons. The first-order chi connectivity index (χ1) is 9.00. The van der Waals surface area contributed by atoms with Gasteiger partial charge in [-0.25, -0.2) is 0 Å². The van der Waals surface area contributed by atoms with Crippen molar-refractivity contribution in [2.24, 2.45) is 11.8 Å². The van der Waals surface area contributed by atoms with Crippen molar-refractivity contribution in [2.75, 3.05) is 5.32 Å². The van der Waals surface area contributed by atoms with Crippen LogP contribution in [0.1, 0.15) is 30.4 Å². The number of carbonyl (C=O) groups is 2. The predicted molar refractivity (Wildman–Crippen MR) is 73.0 cm³/mol. The van der Waals surface area contributed by atoms with E-state index in [1.807, 2.05) is 32.0 Å². The molecular formula is C15H19NO3. The van der Waals surface area contributed by atoms with E-state index in [1.165, 1.54) is 0 Å². The smallest absolute Gasteiger partial charge is 0.307 e. The summed E-state index contributed by atoms with van der Waals surface area (Å²) in [5.74, 6) is -1.97.